The number of rotatable bonds is 13. The van der Waals surface area contributed by atoms with E-state index in [0.29, 0.717) is 12.0 Å². The van der Waals surface area contributed by atoms with E-state index in [9.17, 15) is 19.8 Å². The summed E-state index contributed by atoms with van der Waals surface area (Å²) in [6.07, 6.45) is 10.1. The van der Waals surface area contributed by atoms with Gasteiger partial charge in [-0.15, -0.1) is 0 Å². The predicted molar refractivity (Wildman–Crippen MR) is 110 cm³/mol. The molecule has 0 unspecified atom stereocenters. The van der Waals surface area contributed by atoms with Crippen molar-refractivity contribution in [2.45, 2.75) is 76.5 Å². The quantitative estimate of drug-likeness (QED) is 0.302. The molecule has 0 aliphatic carbocycles. The van der Waals surface area contributed by atoms with Gasteiger partial charge in [0.15, 0.2) is 5.41 Å². The van der Waals surface area contributed by atoms with Gasteiger partial charge in [-0.05, 0) is 12.0 Å². The number of aliphatic carboxylic acids is 2. The van der Waals surface area contributed by atoms with E-state index in [1.807, 2.05) is 0 Å². The van der Waals surface area contributed by atoms with Crippen molar-refractivity contribution in [3.05, 3.63) is 35.9 Å². The Morgan fingerprint density at radius 3 is 1.65 bits per heavy atom. The second-order valence-electron chi connectivity index (χ2n) is 6.46. The monoisotopic (exact) mass is 398 g/mol. The van der Waals surface area contributed by atoms with Gasteiger partial charge >= 0.3 is 92.9 Å². The number of carboxylic acids is 2. The first-order valence-electron chi connectivity index (χ1n) is 9.08. The van der Waals surface area contributed by atoms with E-state index in [1.54, 1.807) is 30.3 Å². The maximum atomic E-state index is 11.7. The molecule has 1 aromatic rings. The van der Waals surface area contributed by atoms with Crippen molar-refractivity contribution in [1.29, 1.82) is 0 Å². The molecule has 26 heavy (non-hydrogen) atoms. The van der Waals surface area contributed by atoms with Crippen LogP contribution in [0.3, 0.4) is 0 Å². The second-order valence-corrected chi connectivity index (χ2v) is 6.46. The summed E-state index contributed by atoms with van der Waals surface area (Å²) < 4.78 is 0. The summed E-state index contributed by atoms with van der Waals surface area (Å²) in [4.78, 5) is 23.5. The van der Waals surface area contributed by atoms with Crippen LogP contribution in [0.1, 0.15) is 76.7 Å². The molecule has 0 aliphatic heterocycles. The Kier molecular flexibility index (Phi) is 18.7. The summed E-state index contributed by atoms with van der Waals surface area (Å²) in [7, 11) is 0. The molecule has 0 spiro atoms. The SMILES string of the molecule is CCCCCCCCCCCC(C(=O)O)(C(=O)O)c1ccccc1.[KH].[NaH]. The Bertz CT molecular complexity index is 494. The van der Waals surface area contributed by atoms with Crippen LogP contribution in [0.4, 0.5) is 0 Å². The molecule has 0 atom stereocenters. The van der Waals surface area contributed by atoms with E-state index in [-0.39, 0.29) is 87.4 Å². The number of unbranched alkanes of at least 4 members (excludes halogenated alkanes) is 8. The number of hydrogen-bond acceptors (Lipinski definition) is 2. The van der Waals surface area contributed by atoms with Crippen molar-refractivity contribution in [2.24, 2.45) is 0 Å². The summed E-state index contributed by atoms with van der Waals surface area (Å²) in [6.45, 7) is 2.20. The van der Waals surface area contributed by atoms with Gasteiger partial charge in [0, 0.05) is 0 Å². The van der Waals surface area contributed by atoms with Gasteiger partial charge in [0.25, 0.3) is 0 Å². The molecular weight excluding hydrogens is 366 g/mol. The summed E-state index contributed by atoms with van der Waals surface area (Å²) in [5.74, 6) is -2.55. The average Bonchev–Trinajstić information content (AvgIpc) is 2.57. The maximum absolute atomic E-state index is 11.7. The van der Waals surface area contributed by atoms with Crippen molar-refractivity contribution >= 4 is 92.9 Å². The van der Waals surface area contributed by atoms with Crippen LogP contribution >= 0.6 is 0 Å². The van der Waals surface area contributed by atoms with Gasteiger partial charge in [-0.25, -0.2) is 0 Å². The van der Waals surface area contributed by atoms with E-state index >= 15 is 0 Å². The van der Waals surface area contributed by atoms with Crippen molar-refractivity contribution in [3.63, 3.8) is 0 Å². The molecule has 0 saturated carbocycles. The van der Waals surface area contributed by atoms with Gasteiger partial charge in [0.1, 0.15) is 0 Å². The molecule has 0 aromatic heterocycles. The van der Waals surface area contributed by atoms with E-state index in [1.165, 1.54) is 32.1 Å². The van der Waals surface area contributed by atoms with E-state index < -0.39 is 17.4 Å². The van der Waals surface area contributed by atoms with Gasteiger partial charge in [-0.2, -0.15) is 0 Å². The first kappa shape index (κ1) is 29.0. The van der Waals surface area contributed by atoms with Crippen LogP contribution in [-0.4, -0.2) is 103 Å². The Hall–Kier alpha value is 0.796. The zero-order chi connectivity index (χ0) is 17.8. The number of carbonyl (C=O) groups is 2. The fourth-order valence-corrected chi connectivity index (χ4v) is 3.12. The Morgan fingerprint density at radius 1 is 0.808 bits per heavy atom. The number of hydrogen-bond donors (Lipinski definition) is 2. The molecular formula is C20H32KNaO4. The molecule has 0 radical (unpaired) electrons. The van der Waals surface area contributed by atoms with Crippen molar-refractivity contribution in [2.75, 3.05) is 0 Å². The van der Waals surface area contributed by atoms with Crippen LogP contribution in [0.15, 0.2) is 30.3 Å². The zero-order valence-corrected chi connectivity index (χ0v) is 14.7. The van der Waals surface area contributed by atoms with Crippen molar-refractivity contribution in [1.82, 2.24) is 0 Å². The van der Waals surface area contributed by atoms with Crippen LogP contribution in [0.2, 0.25) is 0 Å². The first-order chi connectivity index (χ1) is 11.6. The van der Waals surface area contributed by atoms with E-state index in [0.717, 1.165) is 19.3 Å². The van der Waals surface area contributed by atoms with Gasteiger partial charge < -0.3 is 10.2 Å². The summed E-state index contributed by atoms with van der Waals surface area (Å²) in [5.41, 5.74) is -1.48. The molecule has 0 bridgehead atoms. The molecule has 4 nitrogen and oxygen atoms in total. The van der Waals surface area contributed by atoms with Crippen LogP contribution in [0.25, 0.3) is 0 Å². The minimum atomic E-state index is -1.83. The fourth-order valence-electron chi connectivity index (χ4n) is 3.12. The molecule has 1 rings (SSSR count). The Labute approximate surface area is 222 Å². The van der Waals surface area contributed by atoms with E-state index in [4.69, 9.17) is 0 Å². The van der Waals surface area contributed by atoms with Crippen LogP contribution in [0, 0.1) is 0 Å². The molecule has 1 aromatic carbocycles. The molecule has 0 amide bonds. The third-order valence-electron chi connectivity index (χ3n) is 4.65. The molecule has 0 heterocycles. The summed E-state index contributed by atoms with van der Waals surface area (Å²) in [6, 6.07) is 8.32. The molecule has 0 aliphatic rings. The second kappa shape index (κ2) is 16.7. The standard InChI is InChI=1S/C20H30O4.K.Na.2H/c1-2-3-4-5-6-7-8-9-13-16-20(18(21)22,19(23)24)17-14-11-10-12-15-17;;;;/h10-12,14-15H,2-9,13,16H2,1H3,(H,21,22)(H,23,24);;;;. The van der Waals surface area contributed by atoms with Crippen LogP contribution in [-0.2, 0) is 15.0 Å². The molecule has 138 valence electrons. The number of benzene rings is 1. The van der Waals surface area contributed by atoms with Crippen LogP contribution in [0.5, 0.6) is 0 Å². The summed E-state index contributed by atoms with van der Waals surface area (Å²) in [5, 5.41) is 19.2. The number of carboxylic acid groups (broad SMARTS) is 2. The van der Waals surface area contributed by atoms with Crippen LogP contribution < -0.4 is 0 Å². The van der Waals surface area contributed by atoms with Gasteiger partial charge in [-0.1, -0.05) is 95.0 Å². The van der Waals surface area contributed by atoms with Crippen molar-refractivity contribution < 1.29 is 19.8 Å². The van der Waals surface area contributed by atoms with Gasteiger partial charge in [0.2, 0.25) is 0 Å². The normalized spacial score (nSPS) is 10.5. The average molecular weight is 399 g/mol. The predicted octanol–water partition coefficient (Wildman–Crippen LogP) is 3.72. The van der Waals surface area contributed by atoms with Crippen molar-refractivity contribution in [3.8, 4) is 0 Å². The van der Waals surface area contributed by atoms with Gasteiger partial charge in [-0.3, -0.25) is 9.59 Å². The molecule has 0 saturated heterocycles. The fraction of sp³-hybridized carbons (Fsp3) is 0.600. The third kappa shape index (κ3) is 9.33. The topological polar surface area (TPSA) is 74.6 Å². The minimum absolute atomic E-state index is 0. The third-order valence-corrected chi connectivity index (χ3v) is 4.65. The zero-order valence-electron chi connectivity index (χ0n) is 14.7. The first-order valence-corrected chi connectivity index (χ1v) is 9.08. The summed E-state index contributed by atoms with van der Waals surface area (Å²) >= 11 is 0. The Morgan fingerprint density at radius 2 is 1.23 bits per heavy atom. The van der Waals surface area contributed by atoms with E-state index in [2.05, 4.69) is 6.92 Å². The molecule has 6 heteroatoms. The van der Waals surface area contributed by atoms with Gasteiger partial charge in [0.05, 0.1) is 0 Å². The molecule has 2 N–H and O–H groups in total. The molecule has 0 fully saturated rings. The Balaban J connectivity index is 0.